The van der Waals surface area contributed by atoms with Crippen molar-refractivity contribution in [3.05, 3.63) is 0 Å². The van der Waals surface area contributed by atoms with Crippen LogP contribution in [0.1, 0.15) is 84.0 Å². The van der Waals surface area contributed by atoms with Crippen LogP contribution in [0.4, 0.5) is 0 Å². The van der Waals surface area contributed by atoms with Crippen molar-refractivity contribution in [3.8, 4) is 0 Å². The summed E-state index contributed by atoms with van der Waals surface area (Å²) in [6, 6.07) is 0. The molecule has 0 aliphatic carbocycles. The van der Waals surface area contributed by atoms with Gasteiger partial charge in [-0.05, 0) is 6.42 Å². The van der Waals surface area contributed by atoms with Crippen LogP contribution in [-0.4, -0.2) is 63.2 Å². The van der Waals surface area contributed by atoms with Crippen molar-refractivity contribution in [2.75, 3.05) is 33.0 Å². The number of ether oxygens (including phenoxy) is 3. The molecule has 0 aromatic carbocycles. The molecule has 0 aliphatic rings. The van der Waals surface area contributed by atoms with Gasteiger partial charge in [0.25, 0.3) is 0 Å². The van der Waals surface area contributed by atoms with E-state index in [-0.39, 0.29) is 78.9 Å². The van der Waals surface area contributed by atoms with E-state index in [4.69, 9.17) is 9.47 Å². The Morgan fingerprint density at radius 2 is 1.15 bits per heavy atom. The predicted molar refractivity (Wildman–Crippen MR) is 112 cm³/mol. The maximum atomic E-state index is 11.5. The number of carboxylic acids is 1. The van der Waals surface area contributed by atoms with Gasteiger partial charge < -0.3 is 28.7 Å². The van der Waals surface area contributed by atoms with Gasteiger partial charge in [0.2, 0.25) is 0 Å². The number of esters is 1. The average molecular weight is 513 g/mol. The van der Waals surface area contributed by atoms with Crippen molar-refractivity contribution >= 4 is 22.1 Å². The molecule has 0 spiro atoms. The first-order valence-corrected chi connectivity index (χ1v) is 12.7. The fourth-order valence-electron chi connectivity index (χ4n) is 2.94. The molecule has 0 fully saturated rings. The van der Waals surface area contributed by atoms with Gasteiger partial charge in [-0.2, -0.15) is 0 Å². The van der Waals surface area contributed by atoms with Crippen LogP contribution in [-0.2, 0) is 33.9 Å². The molecule has 0 aromatic rings. The van der Waals surface area contributed by atoms with Gasteiger partial charge in [-0.15, -0.1) is 0 Å². The molecule has 184 valence electrons. The number of rotatable bonds is 22. The van der Waals surface area contributed by atoms with E-state index in [0.717, 1.165) is 12.8 Å². The Bertz CT molecular complexity index is 574. The van der Waals surface area contributed by atoms with Crippen molar-refractivity contribution in [1.29, 1.82) is 0 Å². The third-order valence-corrected chi connectivity index (χ3v) is 5.76. The molecule has 12 heteroatoms. The van der Waals surface area contributed by atoms with Gasteiger partial charge in [0.1, 0.15) is 16.7 Å². The summed E-state index contributed by atoms with van der Waals surface area (Å²) in [6.45, 7) is 3.22. The van der Waals surface area contributed by atoms with Crippen LogP contribution in [0, 0.1) is 0 Å². The Balaban J connectivity index is -0.00000450. The minimum Gasteiger partial charge on any atom is -0.747 e. The molecule has 0 aromatic heterocycles. The zero-order valence-corrected chi connectivity index (χ0v) is 25.5. The number of carbonyl (C=O) groups is 2. The average Bonchev–Trinajstić information content (AvgIpc) is 2.70. The van der Waals surface area contributed by atoms with Crippen LogP contribution in [0.3, 0.4) is 0 Å². The summed E-state index contributed by atoms with van der Waals surface area (Å²) in [5.41, 5.74) is 0. The van der Waals surface area contributed by atoms with E-state index in [2.05, 4.69) is 11.7 Å². The first kappa shape index (κ1) is 38.3. The molecule has 0 rings (SSSR count). The molecular formula is C21H38Na2O9S. The molecule has 0 bridgehead atoms. The zero-order valence-electron chi connectivity index (χ0n) is 20.7. The van der Waals surface area contributed by atoms with E-state index in [1.807, 2.05) is 0 Å². The van der Waals surface area contributed by atoms with Crippen LogP contribution in [0.2, 0.25) is 0 Å². The minimum atomic E-state index is -5.14. The Kier molecular flexibility index (Phi) is 30.0. The van der Waals surface area contributed by atoms with Crippen molar-refractivity contribution < 1.29 is 101 Å². The topological polar surface area (TPSA) is 142 Å². The van der Waals surface area contributed by atoms with Crippen molar-refractivity contribution in [2.45, 2.75) is 89.2 Å². The molecular weight excluding hydrogens is 474 g/mol. The minimum absolute atomic E-state index is 0. The largest absolute Gasteiger partial charge is 1.00 e. The van der Waals surface area contributed by atoms with Crippen LogP contribution in [0.5, 0.6) is 0 Å². The Labute approximate surface area is 243 Å². The Hall–Kier alpha value is 0.770. The van der Waals surface area contributed by atoms with Gasteiger partial charge in [0.05, 0.1) is 19.8 Å². The molecule has 0 amide bonds. The molecule has 0 radical (unpaired) electrons. The number of carbonyl (C=O) groups excluding carboxylic acids is 2. The van der Waals surface area contributed by atoms with E-state index in [1.165, 1.54) is 57.8 Å². The molecule has 9 nitrogen and oxygen atoms in total. The van der Waals surface area contributed by atoms with Gasteiger partial charge in [-0.1, -0.05) is 71.1 Å². The molecule has 1 atom stereocenters. The van der Waals surface area contributed by atoms with E-state index in [0.29, 0.717) is 13.2 Å². The number of hydrogen-bond acceptors (Lipinski definition) is 9. The monoisotopic (exact) mass is 512 g/mol. The summed E-state index contributed by atoms with van der Waals surface area (Å²) in [5, 5.41) is 8.13. The summed E-state index contributed by atoms with van der Waals surface area (Å²) < 4.78 is 47.9. The summed E-state index contributed by atoms with van der Waals surface area (Å²) in [5.74, 6) is -3.25. The van der Waals surface area contributed by atoms with Gasteiger partial charge >= 0.3 is 65.1 Å². The number of carboxylic acid groups (broad SMARTS) is 1. The molecule has 0 saturated carbocycles. The van der Waals surface area contributed by atoms with Crippen LogP contribution < -0.4 is 64.2 Å². The third kappa shape index (κ3) is 25.7. The number of hydrogen-bond donors (Lipinski definition) is 0. The Morgan fingerprint density at radius 3 is 1.61 bits per heavy atom. The van der Waals surface area contributed by atoms with Crippen LogP contribution >= 0.6 is 0 Å². The van der Waals surface area contributed by atoms with Crippen molar-refractivity contribution in [3.63, 3.8) is 0 Å². The van der Waals surface area contributed by atoms with E-state index >= 15 is 0 Å². The standard InChI is InChI=1S/C21H40O9S.2Na/c1-2-3-4-5-6-7-8-9-10-11-12-13-28-14-15-29-16-17-30-21(24)19(18-20(22)23)31(25,26)27;;/h19H,2-18H2,1H3,(H,22,23)(H,25,26,27);;/q;2*+1/p-2. The van der Waals surface area contributed by atoms with Gasteiger partial charge in [0.15, 0.2) is 5.25 Å². The maximum absolute atomic E-state index is 11.5. The second-order valence-electron chi connectivity index (χ2n) is 7.49. The summed E-state index contributed by atoms with van der Waals surface area (Å²) in [7, 11) is -5.14. The molecule has 0 saturated heterocycles. The second kappa shape index (κ2) is 25.9. The maximum Gasteiger partial charge on any atom is 1.00 e. The molecule has 1 unspecified atom stereocenters. The van der Waals surface area contributed by atoms with Gasteiger partial charge in [-0.3, -0.25) is 4.79 Å². The number of unbranched alkanes of at least 4 members (excludes halogenated alkanes) is 10. The fraction of sp³-hybridized carbons (Fsp3) is 0.905. The predicted octanol–water partition coefficient (Wildman–Crippen LogP) is -4.06. The van der Waals surface area contributed by atoms with Crippen molar-refractivity contribution in [1.82, 2.24) is 0 Å². The smallest absolute Gasteiger partial charge is 0.747 e. The SMILES string of the molecule is CCCCCCCCCCCCCOCCOCCOC(=O)C(CC(=O)[O-])S(=O)(=O)[O-].[Na+].[Na+]. The van der Waals surface area contributed by atoms with E-state index in [1.54, 1.807) is 0 Å². The van der Waals surface area contributed by atoms with E-state index in [9.17, 15) is 27.7 Å². The summed E-state index contributed by atoms with van der Waals surface area (Å²) in [6.07, 6.45) is 12.7. The van der Waals surface area contributed by atoms with Gasteiger partial charge in [-0.25, -0.2) is 8.42 Å². The molecule has 0 N–H and O–H groups in total. The zero-order chi connectivity index (χ0) is 23.4. The number of aliphatic carboxylic acids is 1. The first-order valence-electron chi connectivity index (χ1n) is 11.3. The fourth-order valence-corrected chi connectivity index (χ4v) is 3.58. The normalized spacial score (nSPS) is 11.8. The second-order valence-corrected chi connectivity index (χ2v) is 9.04. The molecule has 33 heavy (non-hydrogen) atoms. The molecule has 0 heterocycles. The summed E-state index contributed by atoms with van der Waals surface area (Å²) in [4.78, 5) is 22.0. The summed E-state index contributed by atoms with van der Waals surface area (Å²) >= 11 is 0. The van der Waals surface area contributed by atoms with Crippen molar-refractivity contribution in [2.24, 2.45) is 0 Å². The first-order chi connectivity index (χ1) is 14.8. The third-order valence-electron chi connectivity index (χ3n) is 4.70. The molecule has 0 aliphatic heterocycles. The quantitative estimate of drug-likeness (QED) is 0.0613. The van der Waals surface area contributed by atoms with Crippen LogP contribution in [0.15, 0.2) is 0 Å². The Morgan fingerprint density at radius 1 is 0.727 bits per heavy atom. The van der Waals surface area contributed by atoms with Gasteiger partial charge in [0, 0.05) is 19.0 Å². The van der Waals surface area contributed by atoms with Crippen LogP contribution in [0.25, 0.3) is 0 Å². The van der Waals surface area contributed by atoms with E-state index < -0.39 is 33.7 Å².